The molecule has 3 rings (SSSR count). The Kier molecular flexibility index (Phi) is 3.75. The van der Waals surface area contributed by atoms with E-state index in [2.05, 4.69) is 48.6 Å². The van der Waals surface area contributed by atoms with E-state index in [4.69, 9.17) is 5.73 Å². The van der Waals surface area contributed by atoms with Crippen molar-refractivity contribution in [1.29, 1.82) is 0 Å². The number of hydrogen-bond donors (Lipinski definition) is 2. The Balaban J connectivity index is 1.73. The van der Waals surface area contributed by atoms with Crippen LogP contribution in [0.1, 0.15) is 41.1 Å². The Morgan fingerprint density at radius 3 is 2.75 bits per heavy atom. The van der Waals surface area contributed by atoms with Gasteiger partial charge in [0, 0.05) is 18.3 Å². The molecule has 0 saturated carbocycles. The zero-order valence-electron chi connectivity index (χ0n) is 12.0. The lowest BCUT2D eigenvalue weighted by atomic mass is 9.87. The van der Waals surface area contributed by atoms with Gasteiger partial charge in [-0.25, -0.2) is 0 Å². The first-order valence-electron chi connectivity index (χ1n) is 7.39. The van der Waals surface area contributed by atoms with Gasteiger partial charge in [-0.1, -0.05) is 35.9 Å². The number of anilines is 1. The predicted octanol–water partition coefficient (Wildman–Crippen LogP) is 3.74. The summed E-state index contributed by atoms with van der Waals surface area (Å²) in [4.78, 5) is 0. The molecule has 1 unspecified atom stereocenters. The highest BCUT2D eigenvalue weighted by molar-refractivity contribution is 5.47. The standard InChI is InChI=1S/C18H22N2/c1-13-5-7-14(8-6-13)12-20-18-4-2-3-15-9-10-16(19)11-17(15)18/h5-11,18,20H,2-4,12,19H2,1H3. The number of benzene rings is 2. The Labute approximate surface area is 121 Å². The second-order valence-electron chi connectivity index (χ2n) is 5.77. The van der Waals surface area contributed by atoms with Gasteiger partial charge < -0.3 is 11.1 Å². The summed E-state index contributed by atoms with van der Waals surface area (Å²) in [5, 5.41) is 3.69. The molecule has 2 heteroatoms. The van der Waals surface area contributed by atoms with Crippen LogP contribution in [0.4, 0.5) is 5.69 Å². The van der Waals surface area contributed by atoms with Gasteiger partial charge >= 0.3 is 0 Å². The molecule has 0 spiro atoms. The molecule has 1 atom stereocenters. The van der Waals surface area contributed by atoms with Crippen molar-refractivity contribution >= 4 is 5.69 Å². The van der Waals surface area contributed by atoms with E-state index in [1.54, 1.807) is 0 Å². The number of nitrogens with one attached hydrogen (secondary N) is 1. The number of nitrogen functional groups attached to an aromatic ring is 1. The zero-order valence-corrected chi connectivity index (χ0v) is 12.0. The SMILES string of the molecule is Cc1ccc(CNC2CCCc3ccc(N)cc32)cc1. The van der Waals surface area contributed by atoms with Gasteiger partial charge in [0.1, 0.15) is 0 Å². The summed E-state index contributed by atoms with van der Waals surface area (Å²) < 4.78 is 0. The lowest BCUT2D eigenvalue weighted by Gasteiger charge is -2.27. The van der Waals surface area contributed by atoms with Crippen molar-refractivity contribution in [1.82, 2.24) is 5.32 Å². The number of rotatable bonds is 3. The smallest absolute Gasteiger partial charge is 0.0326 e. The minimum absolute atomic E-state index is 0.434. The maximum atomic E-state index is 5.94. The van der Waals surface area contributed by atoms with Gasteiger partial charge in [0.25, 0.3) is 0 Å². The summed E-state index contributed by atoms with van der Waals surface area (Å²) in [7, 11) is 0. The molecule has 20 heavy (non-hydrogen) atoms. The number of aryl methyl sites for hydroxylation is 2. The summed E-state index contributed by atoms with van der Waals surface area (Å²) in [6.45, 7) is 3.04. The molecule has 0 radical (unpaired) electrons. The van der Waals surface area contributed by atoms with Crippen LogP contribution in [0.25, 0.3) is 0 Å². The van der Waals surface area contributed by atoms with E-state index in [0.717, 1.165) is 12.2 Å². The third-order valence-electron chi connectivity index (χ3n) is 4.16. The fourth-order valence-corrected chi connectivity index (χ4v) is 2.98. The van der Waals surface area contributed by atoms with E-state index in [-0.39, 0.29) is 0 Å². The number of nitrogens with two attached hydrogens (primary N) is 1. The van der Waals surface area contributed by atoms with Crippen molar-refractivity contribution in [2.45, 2.75) is 38.8 Å². The minimum Gasteiger partial charge on any atom is -0.399 e. The van der Waals surface area contributed by atoms with Crippen molar-refractivity contribution < 1.29 is 0 Å². The molecule has 2 aromatic carbocycles. The van der Waals surface area contributed by atoms with Crippen LogP contribution in [0.2, 0.25) is 0 Å². The van der Waals surface area contributed by atoms with Crippen LogP contribution < -0.4 is 11.1 Å². The first-order valence-corrected chi connectivity index (χ1v) is 7.39. The summed E-state index contributed by atoms with van der Waals surface area (Å²) in [5.74, 6) is 0. The quantitative estimate of drug-likeness (QED) is 0.830. The van der Waals surface area contributed by atoms with Crippen molar-refractivity contribution in [2.75, 3.05) is 5.73 Å². The molecule has 0 aliphatic heterocycles. The summed E-state index contributed by atoms with van der Waals surface area (Å²) in [5.41, 5.74) is 12.3. The van der Waals surface area contributed by atoms with E-state index in [0.29, 0.717) is 6.04 Å². The molecule has 2 aromatic rings. The van der Waals surface area contributed by atoms with Crippen LogP contribution in [0.3, 0.4) is 0 Å². The maximum Gasteiger partial charge on any atom is 0.0326 e. The van der Waals surface area contributed by atoms with Crippen molar-refractivity contribution in [2.24, 2.45) is 0 Å². The lowest BCUT2D eigenvalue weighted by molar-refractivity contribution is 0.459. The van der Waals surface area contributed by atoms with E-state index in [1.165, 1.54) is 41.5 Å². The molecule has 1 aliphatic rings. The molecule has 0 aromatic heterocycles. The van der Waals surface area contributed by atoms with Crippen LogP contribution in [-0.4, -0.2) is 0 Å². The minimum atomic E-state index is 0.434. The fourth-order valence-electron chi connectivity index (χ4n) is 2.98. The number of fused-ring (bicyclic) bond motifs is 1. The highest BCUT2D eigenvalue weighted by atomic mass is 14.9. The second-order valence-corrected chi connectivity index (χ2v) is 5.77. The van der Waals surface area contributed by atoms with Crippen molar-refractivity contribution in [3.8, 4) is 0 Å². The van der Waals surface area contributed by atoms with Gasteiger partial charge in [-0.2, -0.15) is 0 Å². The average Bonchev–Trinajstić information content (AvgIpc) is 2.47. The average molecular weight is 266 g/mol. The first-order chi connectivity index (χ1) is 9.72. The Morgan fingerprint density at radius 1 is 1.15 bits per heavy atom. The molecular formula is C18H22N2. The summed E-state index contributed by atoms with van der Waals surface area (Å²) >= 11 is 0. The predicted molar refractivity (Wildman–Crippen MR) is 84.6 cm³/mol. The molecule has 2 nitrogen and oxygen atoms in total. The molecule has 0 amide bonds. The Hall–Kier alpha value is -1.80. The molecule has 1 aliphatic carbocycles. The fraction of sp³-hybridized carbons (Fsp3) is 0.333. The highest BCUT2D eigenvalue weighted by Gasteiger charge is 2.19. The Morgan fingerprint density at radius 2 is 1.95 bits per heavy atom. The van der Waals surface area contributed by atoms with Gasteiger partial charge in [0.05, 0.1) is 0 Å². The van der Waals surface area contributed by atoms with Gasteiger partial charge in [-0.15, -0.1) is 0 Å². The zero-order chi connectivity index (χ0) is 13.9. The van der Waals surface area contributed by atoms with Gasteiger partial charge in [-0.3, -0.25) is 0 Å². The first kappa shape index (κ1) is 13.2. The number of hydrogen-bond acceptors (Lipinski definition) is 2. The van der Waals surface area contributed by atoms with Crippen LogP contribution in [0.5, 0.6) is 0 Å². The molecule has 3 N–H and O–H groups in total. The van der Waals surface area contributed by atoms with Crippen molar-refractivity contribution in [3.63, 3.8) is 0 Å². The van der Waals surface area contributed by atoms with E-state index in [9.17, 15) is 0 Å². The van der Waals surface area contributed by atoms with Gasteiger partial charge in [-0.05, 0) is 55.0 Å². The maximum absolute atomic E-state index is 5.94. The van der Waals surface area contributed by atoms with Crippen LogP contribution in [0.15, 0.2) is 42.5 Å². The van der Waals surface area contributed by atoms with Gasteiger partial charge in [0.2, 0.25) is 0 Å². The summed E-state index contributed by atoms with van der Waals surface area (Å²) in [6, 6.07) is 15.5. The highest BCUT2D eigenvalue weighted by Crippen LogP contribution is 2.31. The third kappa shape index (κ3) is 2.86. The van der Waals surface area contributed by atoms with Crippen molar-refractivity contribution in [3.05, 3.63) is 64.7 Å². The largest absolute Gasteiger partial charge is 0.399 e. The second kappa shape index (κ2) is 5.68. The van der Waals surface area contributed by atoms with E-state index in [1.807, 2.05) is 6.07 Å². The van der Waals surface area contributed by atoms with Crippen LogP contribution >= 0.6 is 0 Å². The normalized spacial score (nSPS) is 17.8. The van der Waals surface area contributed by atoms with E-state index < -0.39 is 0 Å². The topological polar surface area (TPSA) is 38.0 Å². The molecule has 0 bridgehead atoms. The lowest BCUT2D eigenvalue weighted by Crippen LogP contribution is -2.25. The van der Waals surface area contributed by atoms with E-state index >= 15 is 0 Å². The van der Waals surface area contributed by atoms with Crippen LogP contribution in [-0.2, 0) is 13.0 Å². The molecule has 0 saturated heterocycles. The molecule has 0 heterocycles. The Bertz CT molecular complexity index is 587. The molecular weight excluding hydrogens is 244 g/mol. The third-order valence-corrected chi connectivity index (χ3v) is 4.16. The molecule has 104 valence electrons. The monoisotopic (exact) mass is 266 g/mol. The van der Waals surface area contributed by atoms with Gasteiger partial charge in [0.15, 0.2) is 0 Å². The molecule has 0 fully saturated rings. The van der Waals surface area contributed by atoms with Crippen LogP contribution in [0, 0.1) is 6.92 Å². The summed E-state index contributed by atoms with van der Waals surface area (Å²) in [6.07, 6.45) is 3.63.